The van der Waals surface area contributed by atoms with Crippen molar-refractivity contribution in [2.24, 2.45) is 0 Å². The van der Waals surface area contributed by atoms with Crippen LogP contribution in [-0.4, -0.2) is 5.11 Å². The largest absolute Gasteiger partial charge is 0.469 e. The van der Waals surface area contributed by atoms with E-state index in [0.29, 0.717) is 16.7 Å². The van der Waals surface area contributed by atoms with Crippen LogP contribution in [0, 0.1) is 12.7 Å². The molecule has 1 N–H and O–H groups in total. The predicted molar refractivity (Wildman–Crippen MR) is 66.2 cm³/mol. The van der Waals surface area contributed by atoms with Crippen molar-refractivity contribution < 1.29 is 13.9 Å². The Bertz CT molecular complexity index is 502. The Hall–Kier alpha value is -1.13. The zero-order chi connectivity index (χ0) is 12.4. The lowest BCUT2D eigenvalue weighted by Crippen LogP contribution is -2.02. The summed E-state index contributed by atoms with van der Waals surface area (Å²) in [6.07, 6.45) is 1.22. The van der Waals surface area contributed by atoms with Crippen molar-refractivity contribution in [3.05, 3.63) is 57.7 Å². The second kappa shape index (κ2) is 5.02. The Labute approximate surface area is 107 Å². The number of aryl methyl sites for hydroxylation is 1. The van der Waals surface area contributed by atoms with Gasteiger partial charge in [-0.15, -0.1) is 0 Å². The minimum absolute atomic E-state index is 0.314. The zero-order valence-corrected chi connectivity index (χ0v) is 10.9. The van der Waals surface area contributed by atoms with E-state index < -0.39 is 6.10 Å². The van der Waals surface area contributed by atoms with Crippen LogP contribution in [0.3, 0.4) is 0 Å². The van der Waals surface area contributed by atoms with E-state index >= 15 is 0 Å². The van der Waals surface area contributed by atoms with Crippen LogP contribution in [0.25, 0.3) is 0 Å². The number of aliphatic hydroxyl groups is 1. The van der Waals surface area contributed by atoms with Crippen molar-refractivity contribution >= 4 is 15.9 Å². The van der Waals surface area contributed by atoms with Gasteiger partial charge in [0.1, 0.15) is 11.6 Å². The minimum Gasteiger partial charge on any atom is -0.469 e. The van der Waals surface area contributed by atoms with Crippen LogP contribution < -0.4 is 0 Å². The summed E-state index contributed by atoms with van der Waals surface area (Å²) in [6.45, 7) is 1.79. The highest BCUT2D eigenvalue weighted by molar-refractivity contribution is 9.10. The molecular weight excluding hydrogens is 287 g/mol. The van der Waals surface area contributed by atoms with E-state index in [-0.39, 0.29) is 5.82 Å². The van der Waals surface area contributed by atoms with Crippen molar-refractivity contribution in [1.29, 1.82) is 0 Å². The lowest BCUT2D eigenvalue weighted by Gasteiger charge is -2.10. The lowest BCUT2D eigenvalue weighted by atomic mass is 10.0. The highest BCUT2D eigenvalue weighted by Gasteiger charge is 2.14. The van der Waals surface area contributed by atoms with E-state index in [1.54, 1.807) is 19.1 Å². The van der Waals surface area contributed by atoms with E-state index in [9.17, 15) is 9.50 Å². The van der Waals surface area contributed by atoms with Crippen LogP contribution >= 0.6 is 15.9 Å². The molecule has 90 valence electrons. The average molecular weight is 299 g/mol. The lowest BCUT2D eigenvalue weighted by molar-refractivity contribution is 0.176. The molecule has 0 aliphatic rings. The second-order valence-corrected chi connectivity index (χ2v) is 4.85. The number of halogens is 2. The van der Waals surface area contributed by atoms with Gasteiger partial charge >= 0.3 is 0 Å². The summed E-state index contributed by atoms with van der Waals surface area (Å²) in [7, 11) is 0. The molecule has 0 bridgehead atoms. The van der Waals surface area contributed by atoms with Gasteiger partial charge in [0.15, 0.2) is 0 Å². The van der Waals surface area contributed by atoms with Crippen LogP contribution in [0.4, 0.5) is 4.39 Å². The molecule has 1 unspecified atom stereocenters. The molecule has 1 aromatic carbocycles. The standard InChI is InChI=1S/C13H12BrFO2/c1-8-12(2-3-17-8)13(16)6-9-4-10(14)7-11(15)5-9/h2-5,7,13,16H,6H2,1H3. The summed E-state index contributed by atoms with van der Waals surface area (Å²) in [6, 6.07) is 6.33. The first kappa shape index (κ1) is 12.3. The van der Waals surface area contributed by atoms with Gasteiger partial charge in [-0.3, -0.25) is 0 Å². The fourth-order valence-electron chi connectivity index (χ4n) is 1.80. The second-order valence-electron chi connectivity index (χ2n) is 3.93. The third-order valence-electron chi connectivity index (χ3n) is 2.61. The summed E-state index contributed by atoms with van der Waals surface area (Å²) in [5.74, 6) is 0.374. The van der Waals surface area contributed by atoms with Crippen molar-refractivity contribution in [2.45, 2.75) is 19.4 Å². The Balaban J connectivity index is 2.18. The van der Waals surface area contributed by atoms with Gasteiger partial charge in [-0.05, 0) is 36.8 Å². The summed E-state index contributed by atoms with van der Waals surface area (Å²) in [4.78, 5) is 0. The van der Waals surface area contributed by atoms with Crippen LogP contribution in [0.5, 0.6) is 0 Å². The Morgan fingerprint density at radius 1 is 1.41 bits per heavy atom. The molecule has 0 radical (unpaired) electrons. The van der Waals surface area contributed by atoms with Gasteiger partial charge in [-0.2, -0.15) is 0 Å². The first-order valence-electron chi connectivity index (χ1n) is 5.23. The molecule has 0 spiro atoms. The van der Waals surface area contributed by atoms with E-state index in [0.717, 1.165) is 11.1 Å². The van der Waals surface area contributed by atoms with Crippen molar-refractivity contribution in [3.63, 3.8) is 0 Å². The maximum atomic E-state index is 13.2. The summed E-state index contributed by atoms with van der Waals surface area (Å²) >= 11 is 3.23. The van der Waals surface area contributed by atoms with Crippen molar-refractivity contribution in [3.8, 4) is 0 Å². The van der Waals surface area contributed by atoms with Gasteiger partial charge in [0.05, 0.1) is 12.4 Å². The Morgan fingerprint density at radius 2 is 2.18 bits per heavy atom. The predicted octanol–water partition coefficient (Wildman–Crippen LogP) is 3.77. The molecule has 0 amide bonds. The smallest absolute Gasteiger partial charge is 0.124 e. The first-order chi connectivity index (χ1) is 8.06. The monoisotopic (exact) mass is 298 g/mol. The Morgan fingerprint density at radius 3 is 2.76 bits per heavy atom. The summed E-state index contributed by atoms with van der Waals surface area (Å²) in [5.41, 5.74) is 1.48. The maximum absolute atomic E-state index is 13.2. The van der Waals surface area contributed by atoms with Gasteiger partial charge in [0, 0.05) is 16.5 Å². The van der Waals surface area contributed by atoms with Crippen LogP contribution in [0.15, 0.2) is 39.4 Å². The molecule has 0 saturated heterocycles. The van der Waals surface area contributed by atoms with Gasteiger partial charge in [0.2, 0.25) is 0 Å². The first-order valence-corrected chi connectivity index (χ1v) is 6.02. The summed E-state index contributed by atoms with van der Waals surface area (Å²) in [5, 5.41) is 10.0. The van der Waals surface area contributed by atoms with E-state index in [1.165, 1.54) is 18.4 Å². The third kappa shape index (κ3) is 2.96. The molecule has 1 aromatic heterocycles. The van der Waals surface area contributed by atoms with Crippen molar-refractivity contribution in [2.75, 3.05) is 0 Å². The highest BCUT2D eigenvalue weighted by Crippen LogP contribution is 2.24. The third-order valence-corrected chi connectivity index (χ3v) is 3.07. The van der Waals surface area contributed by atoms with E-state index in [4.69, 9.17) is 4.42 Å². The van der Waals surface area contributed by atoms with Crippen LogP contribution in [-0.2, 0) is 6.42 Å². The number of benzene rings is 1. The molecule has 0 fully saturated rings. The molecule has 4 heteroatoms. The van der Waals surface area contributed by atoms with Crippen LogP contribution in [0.2, 0.25) is 0 Å². The number of rotatable bonds is 3. The van der Waals surface area contributed by atoms with Gasteiger partial charge in [-0.1, -0.05) is 15.9 Å². The van der Waals surface area contributed by atoms with Gasteiger partial charge in [0.25, 0.3) is 0 Å². The molecule has 2 aromatic rings. The molecule has 1 heterocycles. The highest BCUT2D eigenvalue weighted by atomic mass is 79.9. The van der Waals surface area contributed by atoms with Crippen molar-refractivity contribution in [1.82, 2.24) is 0 Å². The van der Waals surface area contributed by atoms with Crippen LogP contribution in [0.1, 0.15) is 23.0 Å². The molecule has 2 nitrogen and oxygen atoms in total. The number of aliphatic hydroxyl groups excluding tert-OH is 1. The molecular formula is C13H12BrFO2. The SMILES string of the molecule is Cc1occc1C(O)Cc1cc(F)cc(Br)c1. The summed E-state index contributed by atoms with van der Waals surface area (Å²) < 4.78 is 19.0. The zero-order valence-electron chi connectivity index (χ0n) is 9.28. The molecule has 0 aliphatic carbocycles. The Kier molecular flexibility index (Phi) is 3.64. The maximum Gasteiger partial charge on any atom is 0.124 e. The van der Waals surface area contributed by atoms with Gasteiger partial charge < -0.3 is 9.52 Å². The van der Waals surface area contributed by atoms with Gasteiger partial charge in [-0.25, -0.2) is 4.39 Å². The topological polar surface area (TPSA) is 33.4 Å². The minimum atomic E-state index is -0.678. The average Bonchev–Trinajstić information content (AvgIpc) is 2.62. The molecule has 0 aliphatic heterocycles. The number of furan rings is 1. The molecule has 0 saturated carbocycles. The molecule has 17 heavy (non-hydrogen) atoms. The van der Waals surface area contributed by atoms with E-state index in [2.05, 4.69) is 15.9 Å². The number of hydrogen-bond donors (Lipinski definition) is 1. The fraction of sp³-hybridized carbons (Fsp3) is 0.231. The van der Waals surface area contributed by atoms with E-state index in [1.807, 2.05) is 0 Å². The fourth-order valence-corrected chi connectivity index (χ4v) is 2.32. The molecule has 2 rings (SSSR count). The molecule has 1 atom stereocenters. The quantitative estimate of drug-likeness (QED) is 0.936. The normalized spacial score (nSPS) is 12.7. The number of hydrogen-bond acceptors (Lipinski definition) is 2.